The van der Waals surface area contributed by atoms with Gasteiger partial charge in [0, 0.05) is 27.8 Å². The first kappa shape index (κ1) is 22.1. The third-order valence-electron chi connectivity index (χ3n) is 8.69. The molecule has 37 heavy (non-hydrogen) atoms. The van der Waals surface area contributed by atoms with Crippen LogP contribution < -0.4 is 5.32 Å². The highest BCUT2D eigenvalue weighted by atomic mass is 14.9. The van der Waals surface area contributed by atoms with Gasteiger partial charge in [0.25, 0.3) is 0 Å². The maximum Gasteiger partial charge on any atom is 0.0467 e. The van der Waals surface area contributed by atoms with E-state index in [-0.39, 0.29) is 10.8 Å². The third kappa shape index (κ3) is 3.17. The smallest absolute Gasteiger partial charge is 0.0467 e. The normalized spacial score (nSPS) is 15.5. The number of benzene rings is 5. The molecule has 0 saturated carbocycles. The van der Waals surface area contributed by atoms with Crippen molar-refractivity contribution in [1.82, 2.24) is 0 Å². The summed E-state index contributed by atoms with van der Waals surface area (Å²) >= 11 is 0. The molecule has 0 unspecified atom stereocenters. The van der Waals surface area contributed by atoms with Gasteiger partial charge in [-0.25, -0.2) is 0 Å². The number of fused-ring (bicyclic) bond motifs is 6. The van der Waals surface area contributed by atoms with E-state index in [9.17, 15) is 0 Å². The van der Waals surface area contributed by atoms with Gasteiger partial charge in [0.05, 0.1) is 0 Å². The summed E-state index contributed by atoms with van der Waals surface area (Å²) in [5.74, 6) is 0. The van der Waals surface area contributed by atoms with Crippen molar-refractivity contribution in [3.63, 3.8) is 0 Å². The molecule has 1 heteroatoms. The van der Waals surface area contributed by atoms with Gasteiger partial charge in [-0.2, -0.15) is 0 Å². The molecule has 0 aromatic heterocycles. The average molecular weight is 478 g/mol. The summed E-state index contributed by atoms with van der Waals surface area (Å²) in [4.78, 5) is 0. The fraction of sp³-hybridized carbons (Fsp3) is 0.167. The van der Waals surface area contributed by atoms with E-state index >= 15 is 0 Å². The van der Waals surface area contributed by atoms with Gasteiger partial charge in [-0.05, 0) is 74.3 Å². The third-order valence-corrected chi connectivity index (χ3v) is 8.69. The Morgan fingerprint density at radius 3 is 1.78 bits per heavy atom. The Balaban J connectivity index is 1.22. The lowest BCUT2D eigenvalue weighted by molar-refractivity contribution is 0.660. The minimum absolute atomic E-state index is 0.00841. The van der Waals surface area contributed by atoms with Crippen LogP contribution in [0.25, 0.3) is 33.4 Å². The molecule has 0 spiro atoms. The van der Waals surface area contributed by atoms with Crippen molar-refractivity contribution >= 4 is 11.4 Å². The molecule has 180 valence electrons. The summed E-state index contributed by atoms with van der Waals surface area (Å²) in [5, 5.41) is 3.73. The predicted molar refractivity (Wildman–Crippen MR) is 157 cm³/mol. The van der Waals surface area contributed by atoms with Crippen molar-refractivity contribution < 1.29 is 0 Å². The van der Waals surface area contributed by atoms with Gasteiger partial charge < -0.3 is 5.32 Å². The lowest BCUT2D eigenvalue weighted by atomic mass is 9.81. The fourth-order valence-electron chi connectivity index (χ4n) is 6.64. The lowest BCUT2D eigenvalue weighted by Crippen LogP contribution is -2.14. The van der Waals surface area contributed by atoms with E-state index in [0.717, 1.165) is 5.69 Å². The van der Waals surface area contributed by atoms with Gasteiger partial charge in [-0.1, -0.05) is 113 Å². The SMILES string of the molecule is CC1(C)c2ccccc2-c2ccc(-c3ccc(Nc4cccc5c4-c4ccccc4C5(C)C)cc3)cc21. The molecule has 0 radical (unpaired) electrons. The van der Waals surface area contributed by atoms with Crippen LogP contribution in [0.5, 0.6) is 0 Å². The molecular weight excluding hydrogens is 446 g/mol. The number of hydrogen-bond acceptors (Lipinski definition) is 1. The molecule has 2 aliphatic carbocycles. The number of hydrogen-bond donors (Lipinski definition) is 1. The summed E-state index contributed by atoms with van der Waals surface area (Å²) in [7, 11) is 0. The zero-order valence-corrected chi connectivity index (χ0v) is 21.9. The molecule has 7 rings (SSSR count). The van der Waals surface area contributed by atoms with E-state index in [1.54, 1.807) is 0 Å². The van der Waals surface area contributed by atoms with Crippen LogP contribution in [0.2, 0.25) is 0 Å². The summed E-state index contributed by atoms with van der Waals surface area (Å²) in [6.07, 6.45) is 0. The van der Waals surface area contributed by atoms with Crippen LogP contribution in [-0.2, 0) is 10.8 Å². The molecule has 0 bridgehead atoms. The predicted octanol–water partition coefficient (Wildman–Crippen LogP) is 9.71. The second-order valence-electron chi connectivity index (χ2n) is 11.5. The number of nitrogens with one attached hydrogen (secondary N) is 1. The van der Waals surface area contributed by atoms with Crippen molar-refractivity contribution in [3.8, 4) is 33.4 Å². The van der Waals surface area contributed by atoms with Crippen LogP contribution in [0.1, 0.15) is 49.9 Å². The quantitative estimate of drug-likeness (QED) is 0.273. The van der Waals surface area contributed by atoms with E-state index in [4.69, 9.17) is 0 Å². The molecule has 5 aromatic carbocycles. The Kier molecular flexibility index (Phi) is 4.60. The van der Waals surface area contributed by atoms with E-state index < -0.39 is 0 Å². The zero-order chi connectivity index (χ0) is 25.4. The monoisotopic (exact) mass is 477 g/mol. The van der Waals surface area contributed by atoms with E-state index in [0.29, 0.717) is 0 Å². The Labute approximate surface area is 219 Å². The molecule has 1 nitrogen and oxygen atoms in total. The summed E-state index contributed by atoms with van der Waals surface area (Å²) in [6.45, 7) is 9.33. The topological polar surface area (TPSA) is 12.0 Å². The van der Waals surface area contributed by atoms with E-state index in [1.807, 2.05) is 0 Å². The molecule has 0 fully saturated rings. The Hall–Kier alpha value is -4.10. The maximum absolute atomic E-state index is 3.73. The first-order chi connectivity index (χ1) is 17.9. The Morgan fingerprint density at radius 2 is 1.03 bits per heavy atom. The van der Waals surface area contributed by atoms with Crippen LogP contribution in [0.4, 0.5) is 11.4 Å². The van der Waals surface area contributed by atoms with Gasteiger partial charge in [0.15, 0.2) is 0 Å². The highest BCUT2D eigenvalue weighted by molar-refractivity contribution is 5.91. The van der Waals surface area contributed by atoms with Crippen molar-refractivity contribution in [2.75, 3.05) is 5.32 Å². The number of rotatable bonds is 3. The molecule has 0 saturated heterocycles. The maximum atomic E-state index is 3.73. The molecule has 0 atom stereocenters. The molecule has 0 heterocycles. The minimum atomic E-state index is 0.00841. The standard InChI is InChI=1S/C36H31N/c1-35(2)30-13-8-6-11-28(30)34-31(35)14-9-15-33(34)37-25-19-16-23(17-20-25)24-18-21-27-26-10-5-7-12-29(26)36(3,4)32(27)22-24/h5-22,37H,1-4H3. The Bertz CT molecular complexity index is 1690. The van der Waals surface area contributed by atoms with Crippen LogP contribution >= 0.6 is 0 Å². The molecule has 5 aromatic rings. The van der Waals surface area contributed by atoms with E-state index in [1.165, 1.54) is 61.3 Å². The highest BCUT2D eigenvalue weighted by Gasteiger charge is 2.37. The molecule has 0 amide bonds. The van der Waals surface area contributed by atoms with Gasteiger partial charge in [0.2, 0.25) is 0 Å². The first-order valence-electron chi connectivity index (χ1n) is 13.2. The fourth-order valence-corrected chi connectivity index (χ4v) is 6.64. The second-order valence-corrected chi connectivity index (χ2v) is 11.5. The number of anilines is 2. The minimum Gasteiger partial charge on any atom is -0.355 e. The van der Waals surface area contributed by atoms with Crippen molar-refractivity contribution in [3.05, 3.63) is 131 Å². The van der Waals surface area contributed by atoms with Crippen LogP contribution in [0.15, 0.2) is 109 Å². The second kappa shape index (κ2) is 7.70. The van der Waals surface area contributed by atoms with E-state index in [2.05, 4.69) is 142 Å². The Morgan fingerprint density at radius 1 is 0.459 bits per heavy atom. The first-order valence-corrected chi connectivity index (χ1v) is 13.2. The van der Waals surface area contributed by atoms with Crippen LogP contribution in [0, 0.1) is 0 Å². The van der Waals surface area contributed by atoms with Gasteiger partial charge >= 0.3 is 0 Å². The van der Waals surface area contributed by atoms with Crippen LogP contribution in [0.3, 0.4) is 0 Å². The summed E-state index contributed by atoms with van der Waals surface area (Å²) in [6, 6.07) is 40.1. The highest BCUT2D eigenvalue weighted by Crippen LogP contribution is 2.52. The summed E-state index contributed by atoms with van der Waals surface area (Å²) in [5.41, 5.74) is 15.8. The summed E-state index contributed by atoms with van der Waals surface area (Å²) < 4.78 is 0. The van der Waals surface area contributed by atoms with Gasteiger partial charge in [-0.3, -0.25) is 0 Å². The van der Waals surface area contributed by atoms with Crippen molar-refractivity contribution in [2.24, 2.45) is 0 Å². The van der Waals surface area contributed by atoms with Crippen molar-refractivity contribution in [1.29, 1.82) is 0 Å². The average Bonchev–Trinajstić information content (AvgIpc) is 3.30. The molecule has 1 N–H and O–H groups in total. The van der Waals surface area contributed by atoms with Crippen LogP contribution in [-0.4, -0.2) is 0 Å². The zero-order valence-electron chi connectivity index (χ0n) is 21.9. The molecule has 0 aliphatic heterocycles. The molecular formula is C36H31N. The van der Waals surface area contributed by atoms with Gasteiger partial charge in [0.1, 0.15) is 0 Å². The largest absolute Gasteiger partial charge is 0.355 e. The lowest BCUT2D eigenvalue weighted by Gasteiger charge is -2.22. The van der Waals surface area contributed by atoms with Crippen molar-refractivity contribution in [2.45, 2.75) is 38.5 Å². The molecule has 2 aliphatic rings. The van der Waals surface area contributed by atoms with Gasteiger partial charge in [-0.15, -0.1) is 0 Å².